The van der Waals surface area contributed by atoms with E-state index >= 15 is 0 Å². The summed E-state index contributed by atoms with van der Waals surface area (Å²) < 4.78 is 0. The lowest BCUT2D eigenvalue weighted by Gasteiger charge is -2.37. The number of carbonyl (C=O) groups excluding carboxylic acids is 1. The first kappa shape index (κ1) is 15.0. The molecule has 1 aromatic carbocycles. The third-order valence-corrected chi connectivity index (χ3v) is 4.73. The van der Waals surface area contributed by atoms with E-state index in [1.807, 2.05) is 17.0 Å². The van der Waals surface area contributed by atoms with Crippen molar-refractivity contribution in [2.24, 2.45) is 5.92 Å². The Morgan fingerprint density at radius 3 is 2.64 bits per heavy atom. The number of anilines is 1. The minimum atomic E-state index is -0.0686. The second-order valence-corrected chi connectivity index (χ2v) is 6.14. The fourth-order valence-electron chi connectivity index (χ4n) is 3.46. The molecule has 0 saturated carbocycles. The number of likely N-dealkylation sites (tertiary alicyclic amines) is 1. The molecule has 2 saturated heterocycles. The molecule has 2 fully saturated rings. The van der Waals surface area contributed by atoms with Crippen molar-refractivity contribution in [3.8, 4) is 6.07 Å². The number of aliphatic hydroxyl groups excluding tert-OH is 1. The van der Waals surface area contributed by atoms with E-state index in [2.05, 4.69) is 11.0 Å². The molecule has 1 amide bonds. The Morgan fingerprint density at radius 1 is 1.23 bits per heavy atom. The van der Waals surface area contributed by atoms with Crippen LogP contribution in [0.5, 0.6) is 0 Å². The van der Waals surface area contributed by atoms with Crippen LogP contribution >= 0.6 is 0 Å². The Bertz CT molecular complexity index is 579. The van der Waals surface area contributed by atoms with Gasteiger partial charge in [0.25, 0.3) is 0 Å². The quantitative estimate of drug-likeness (QED) is 0.915. The highest BCUT2D eigenvalue weighted by Gasteiger charge is 2.37. The molecule has 0 radical (unpaired) electrons. The second kappa shape index (κ2) is 6.47. The van der Waals surface area contributed by atoms with Crippen LogP contribution in [0.2, 0.25) is 0 Å². The molecule has 2 unspecified atom stereocenters. The molecule has 3 rings (SSSR count). The second-order valence-electron chi connectivity index (χ2n) is 6.14. The zero-order valence-electron chi connectivity index (χ0n) is 12.6. The highest BCUT2D eigenvalue weighted by atomic mass is 16.3. The van der Waals surface area contributed by atoms with E-state index in [1.165, 1.54) is 0 Å². The van der Waals surface area contributed by atoms with Gasteiger partial charge in [-0.15, -0.1) is 0 Å². The Hall–Kier alpha value is -1.90. The standard InChI is InChI=1S/C17H21N3O2/c18-10-13-3-5-15(6-4-13)20-8-1-2-16(17(20)22)19-9-7-14(11-19)12-21/h3-6,14,16,21H,1-2,7-9,11-12H2. The van der Waals surface area contributed by atoms with Crippen LogP contribution < -0.4 is 4.90 Å². The van der Waals surface area contributed by atoms with Crippen LogP contribution in [-0.4, -0.2) is 48.2 Å². The molecule has 5 heteroatoms. The van der Waals surface area contributed by atoms with Gasteiger partial charge in [-0.1, -0.05) is 0 Å². The number of rotatable bonds is 3. The number of amides is 1. The average molecular weight is 299 g/mol. The molecule has 0 aromatic heterocycles. The summed E-state index contributed by atoms with van der Waals surface area (Å²) in [4.78, 5) is 16.9. The van der Waals surface area contributed by atoms with Crippen LogP contribution in [0.4, 0.5) is 5.69 Å². The molecule has 0 aliphatic carbocycles. The van der Waals surface area contributed by atoms with E-state index in [-0.39, 0.29) is 18.6 Å². The van der Waals surface area contributed by atoms with Gasteiger partial charge in [0, 0.05) is 25.4 Å². The number of piperidine rings is 1. The third-order valence-electron chi connectivity index (χ3n) is 4.73. The van der Waals surface area contributed by atoms with Crippen LogP contribution in [0.25, 0.3) is 0 Å². The summed E-state index contributed by atoms with van der Waals surface area (Å²) >= 11 is 0. The summed E-state index contributed by atoms with van der Waals surface area (Å²) in [6, 6.07) is 9.23. The number of benzene rings is 1. The molecule has 1 N–H and O–H groups in total. The van der Waals surface area contributed by atoms with Crippen LogP contribution in [0.1, 0.15) is 24.8 Å². The van der Waals surface area contributed by atoms with Gasteiger partial charge < -0.3 is 10.0 Å². The third kappa shape index (κ3) is 2.85. The summed E-state index contributed by atoms with van der Waals surface area (Å²) in [5.74, 6) is 0.452. The Kier molecular flexibility index (Phi) is 4.41. The van der Waals surface area contributed by atoms with Gasteiger partial charge in [0.1, 0.15) is 0 Å². The molecule has 0 bridgehead atoms. The summed E-state index contributed by atoms with van der Waals surface area (Å²) in [5.41, 5.74) is 1.47. The Balaban J connectivity index is 1.73. The van der Waals surface area contributed by atoms with Crippen LogP contribution in [0, 0.1) is 17.2 Å². The van der Waals surface area contributed by atoms with E-state index in [0.29, 0.717) is 11.5 Å². The van der Waals surface area contributed by atoms with Crippen molar-refractivity contribution in [1.29, 1.82) is 5.26 Å². The molecule has 5 nitrogen and oxygen atoms in total. The molecule has 22 heavy (non-hydrogen) atoms. The lowest BCUT2D eigenvalue weighted by Crippen LogP contribution is -2.52. The first-order chi connectivity index (χ1) is 10.7. The highest BCUT2D eigenvalue weighted by molar-refractivity contribution is 5.98. The molecule has 2 aliphatic rings. The van der Waals surface area contributed by atoms with Gasteiger partial charge in [-0.25, -0.2) is 0 Å². The molecule has 2 heterocycles. The number of hydrogen-bond acceptors (Lipinski definition) is 4. The van der Waals surface area contributed by atoms with E-state index in [4.69, 9.17) is 5.26 Å². The topological polar surface area (TPSA) is 67.6 Å². The van der Waals surface area contributed by atoms with Crippen molar-refractivity contribution in [2.45, 2.75) is 25.3 Å². The molecule has 1 aromatic rings. The van der Waals surface area contributed by atoms with Crippen LogP contribution in [0.15, 0.2) is 24.3 Å². The zero-order valence-corrected chi connectivity index (χ0v) is 12.6. The van der Waals surface area contributed by atoms with Gasteiger partial charge in [0.05, 0.1) is 17.7 Å². The van der Waals surface area contributed by atoms with Gasteiger partial charge in [-0.05, 0) is 56.0 Å². The maximum Gasteiger partial charge on any atom is 0.244 e. The predicted molar refractivity (Wildman–Crippen MR) is 83.3 cm³/mol. The summed E-state index contributed by atoms with van der Waals surface area (Å²) in [6.45, 7) is 2.65. The van der Waals surface area contributed by atoms with E-state index < -0.39 is 0 Å². The first-order valence-electron chi connectivity index (χ1n) is 7.89. The van der Waals surface area contributed by atoms with Crippen LogP contribution in [0.3, 0.4) is 0 Å². The maximum atomic E-state index is 12.8. The van der Waals surface area contributed by atoms with E-state index in [9.17, 15) is 9.90 Å². The smallest absolute Gasteiger partial charge is 0.244 e. The molecule has 2 aliphatic heterocycles. The van der Waals surface area contributed by atoms with Crippen LogP contribution in [-0.2, 0) is 4.79 Å². The zero-order chi connectivity index (χ0) is 15.5. The fraction of sp³-hybridized carbons (Fsp3) is 0.529. The number of carbonyl (C=O) groups is 1. The van der Waals surface area contributed by atoms with E-state index in [0.717, 1.165) is 44.6 Å². The molecule has 2 atom stereocenters. The lowest BCUT2D eigenvalue weighted by molar-refractivity contribution is -0.125. The minimum Gasteiger partial charge on any atom is -0.396 e. The maximum absolute atomic E-state index is 12.8. The Labute approximate surface area is 130 Å². The first-order valence-corrected chi connectivity index (χ1v) is 7.89. The number of nitriles is 1. The van der Waals surface area contributed by atoms with Crippen molar-refractivity contribution < 1.29 is 9.90 Å². The van der Waals surface area contributed by atoms with Crippen molar-refractivity contribution in [3.63, 3.8) is 0 Å². The predicted octanol–water partition coefficient (Wildman–Crippen LogP) is 1.37. The van der Waals surface area contributed by atoms with Crippen molar-refractivity contribution in [3.05, 3.63) is 29.8 Å². The van der Waals surface area contributed by atoms with Gasteiger partial charge in [-0.2, -0.15) is 5.26 Å². The number of nitrogens with zero attached hydrogens (tertiary/aromatic N) is 3. The highest BCUT2D eigenvalue weighted by Crippen LogP contribution is 2.27. The Morgan fingerprint density at radius 2 is 2.00 bits per heavy atom. The van der Waals surface area contributed by atoms with Gasteiger partial charge in [0.2, 0.25) is 5.91 Å². The van der Waals surface area contributed by atoms with Crippen molar-refractivity contribution in [2.75, 3.05) is 31.1 Å². The number of hydrogen-bond donors (Lipinski definition) is 1. The average Bonchev–Trinajstić information content (AvgIpc) is 3.04. The van der Waals surface area contributed by atoms with Crippen molar-refractivity contribution >= 4 is 11.6 Å². The van der Waals surface area contributed by atoms with Gasteiger partial charge in [-0.3, -0.25) is 9.69 Å². The molecular weight excluding hydrogens is 278 g/mol. The summed E-state index contributed by atoms with van der Waals surface area (Å²) in [6.07, 6.45) is 2.84. The summed E-state index contributed by atoms with van der Waals surface area (Å²) in [7, 11) is 0. The van der Waals surface area contributed by atoms with Gasteiger partial charge in [0.15, 0.2) is 0 Å². The molecule has 0 spiro atoms. The number of aliphatic hydroxyl groups is 1. The minimum absolute atomic E-state index is 0.0686. The summed E-state index contributed by atoms with van der Waals surface area (Å²) in [5, 5.41) is 18.1. The largest absolute Gasteiger partial charge is 0.396 e. The molecule has 116 valence electrons. The van der Waals surface area contributed by atoms with E-state index in [1.54, 1.807) is 12.1 Å². The normalized spacial score (nSPS) is 26.2. The van der Waals surface area contributed by atoms with Gasteiger partial charge >= 0.3 is 0 Å². The van der Waals surface area contributed by atoms with Crippen molar-refractivity contribution in [1.82, 2.24) is 4.90 Å². The fourth-order valence-corrected chi connectivity index (χ4v) is 3.46. The molecular formula is C17H21N3O2. The monoisotopic (exact) mass is 299 g/mol. The SMILES string of the molecule is N#Cc1ccc(N2CCCC(N3CCC(CO)C3)C2=O)cc1. The lowest BCUT2D eigenvalue weighted by atomic mass is 10.0.